The van der Waals surface area contributed by atoms with Crippen molar-refractivity contribution in [3.63, 3.8) is 0 Å². The Morgan fingerprint density at radius 1 is 1.06 bits per heavy atom. The summed E-state index contributed by atoms with van der Waals surface area (Å²) < 4.78 is 5.20. The summed E-state index contributed by atoms with van der Waals surface area (Å²) in [5.41, 5.74) is 1.27. The Bertz CT molecular complexity index is 653. The standard InChI is InChI=1S/C24H39N5O.HI/c1-25-24(26-21-23-10-13-28(14-11-23)19-20-30-2)29-17-15-27(16-18-29)12-6-9-22-7-4-3-5-8-22;/h3-9,23H,10-21H2,1-2H3,(H,25,26);1H/b9-6+;. The minimum atomic E-state index is 0. The van der Waals surface area contributed by atoms with Crippen LogP contribution in [0.2, 0.25) is 0 Å². The van der Waals surface area contributed by atoms with Crippen LogP contribution < -0.4 is 5.32 Å². The third kappa shape index (κ3) is 9.08. The van der Waals surface area contributed by atoms with Crippen LogP contribution in [-0.4, -0.2) is 100 Å². The summed E-state index contributed by atoms with van der Waals surface area (Å²) in [4.78, 5) is 12.0. The molecule has 0 atom stereocenters. The number of methoxy groups -OCH3 is 1. The van der Waals surface area contributed by atoms with E-state index in [1.54, 1.807) is 7.11 Å². The number of nitrogens with zero attached hydrogens (tertiary/aromatic N) is 4. The molecule has 0 aromatic heterocycles. The van der Waals surface area contributed by atoms with Crippen molar-refractivity contribution in [1.82, 2.24) is 20.0 Å². The van der Waals surface area contributed by atoms with Crippen LogP contribution >= 0.6 is 24.0 Å². The summed E-state index contributed by atoms with van der Waals surface area (Å²) in [6.45, 7) is 10.5. The van der Waals surface area contributed by atoms with Crippen molar-refractivity contribution in [2.45, 2.75) is 12.8 Å². The molecule has 1 aromatic rings. The van der Waals surface area contributed by atoms with Crippen molar-refractivity contribution in [3.05, 3.63) is 42.0 Å². The number of benzene rings is 1. The Morgan fingerprint density at radius 3 is 2.42 bits per heavy atom. The van der Waals surface area contributed by atoms with Crippen molar-refractivity contribution in [2.75, 3.05) is 79.7 Å². The predicted octanol–water partition coefficient (Wildman–Crippen LogP) is 2.87. The third-order valence-electron chi connectivity index (χ3n) is 6.22. The van der Waals surface area contributed by atoms with Gasteiger partial charge in [0.25, 0.3) is 0 Å². The first-order valence-corrected chi connectivity index (χ1v) is 11.4. The summed E-state index contributed by atoms with van der Waals surface area (Å²) >= 11 is 0. The van der Waals surface area contributed by atoms with Gasteiger partial charge >= 0.3 is 0 Å². The fourth-order valence-electron chi connectivity index (χ4n) is 4.25. The monoisotopic (exact) mass is 541 g/mol. The molecule has 6 nitrogen and oxygen atoms in total. The molecule has 0 radical (unpaired) electrons. The lowest BCUT2D eigenvalue weighted by Gasteiger charge is -2.37. The molecule has 2 saturated heterocycles. The SMILES string of the molecule is CN=C(NCC1CCN(CCOC)CC1)N1CCN(C/C=C/c2ccccc2)CC1.I. The fraction of sp³-hybridized carbons (Fsp3) is 0.625. The molecule has 2 aliphatic rings. The highest BCUT2D eigenvalue weighted by molar-refractivity contribution is 14.0. The van der Waals surface area contributed by atoms with E-state index < -0.39 is 0 Å². The summed E-state index contributed by atoms with van der Waals surface area (Å²) in [6, 6.07) is 10.5. The van der Waals surface area contributed by atoms with Gasteiger partial charge in [-0.2, -0.15) is 0 Å². The molecule has 7 heteroatoms. The number of guanidine groups is 1. The number of hydrogen-bond acceptors (Lipinski definition) is 4. The lowest BCUT2D eigenvalue weighted by molar-refractivity contribution is 0.120. The zero-order valence-corrected chi connectivity index (χ0v) is 21.5. The molecule has 2 fully saturated rings. The number of rotatable bonds is 8. The molecular weight excluding hydrogens is 501 g/mol. The molecule has 0 amide bonds. The summed E-state index contributed by atoms with van der Waals surface area (Å²) in [5, 5.41) is 3.65. The van der Waals surface area contributed by atoms with Crippen LogP contribution in [0.4, 0.5) is 0 Å². The van der Waals surface area contributed by atoms with Crippen LogP contribution in [0.25, 0.3) is 6.08 Å². The molecule has 1 aromatic carbocycles. The van der Waals surface area contributed by atoms with E-state index in [1.807, 2.05) is 7.05 Å². The highest BCUT2D eigenvalue weighted by atomic mass is 127. The fourth-order valence-corrected chi connectivity index (χ4v) is 4.25. The Kier molecular flexibility index (Phi) is 12.5. The van der Waals surface area contributed by atoms with E-state index in [1.165, 1.54) is 31.5 Å². The number of likely N-dealkylation sites (tertiary alicyclic amines) is 1. The van der Waals surface area contributed by atoms with Gasteiger partial charge in [-0.1, -0.05) is 42.5 Å². The van der Waals surface area contributed by atoms with Crippen LogP contribution in [0.3, 0.4) is 0 Å². The van der Waals surface area contributed by atoms with Crippen LogP contribution in [0, 0.1) is 5.92 Å². The molecule has 2 aliphatic heterocycles. The van der Waals surface area contributed by atoms with Crippen molar-refractivity contribution in [3.8, 4) is 0 Å². The number of piperidine rings is 1. The molecule has 0 unspecified atom stereocenters. The molecule has 0 spiro atoms. The quantitative estimate of drug-likeness (QED) is 0.312. The molecule has 0 bridgehead atoms. The Labute approximate surface area is 205 Å². The molecular formula is C24H40IN5O. The molecule has 1 N–H and O–H groups in total. The Balaban J connectivity index is 0.00000341. The van der Waals surface area contributed by atoms with Gasteiger partial charge in [0.05, 0.1) is 6.61 Å². The number of halogens is 1. The van der Waals surface area contributed by atoms with Gasteiger partial charge in [-0.15, -0.1) is 24.0 Å². The maximum atomic E-state index is 5.20. The van der Waals surface area contributed by atoms with E-state index in [0.29, 0.717) is 0 Å². The lowest BCUT2D eigenvalue weighted by atomic mass is 9.97. The van der Waals surface area contributed by atoms with Gasteiger partial charge in [-0.3, -0.25) is 9.89 Å². The summed E-state index contributed by atoms with van der Waals surface area (Å²) in [7, 11) is 3.69. The Morgan fingerprint density at radius 2 is 1.77 bits per heavy atom. The van der Waals surface area contributed by atoms with Gasteiger partial charge < -0.3 is 19.9 Å². The second-order valence-electron chi connectivity index (χ2n) is 8.31. The summed E-state index contributed by atoms with van der Waals surface area (Å²) in [5.74, 6) is 1.81. The van der Waals surface area contributed by atoms with Crippen LogP contribution in [0.15, 0.2) is 41.4 Å². The molecule has 0 aliphatic carbocycles. The number of piperazine rings is 1. The van der Waals surface area contributed by atoms with Crippen molar-refractivity contribution in [1.29, 1.82) is 0 Å². The molecule has 174 valence electrons. The maximum absolute atomic E-state index is 5.20. The van der Waals surface area contributed by atoms with Gasteiger partial charge in [0.15, 0.2) is 5.96 Å². The first-order chi connectivity index (χ1) is 14.8. The molecule has 3 rings (SSSR count). The van der Waals surface area contributed by atoms with Crippen molar-refractivity contribution in [2.24, 2.45) is 10.9 Å². The van der Waals surface area contributed by atoms with Gasteiger partial charge in [0, 0.05) is 60.0 Å². The molecule has 31 heavy (non-hydrogen) atoms. The van der Waals surface area contributed by atoms with E-state index in [2.05, 4.69) is 67.5 Å². The van der Waals surface area contributed by atoms with E-state index in [4.69, 9.17) is 4.74 Å². The zero-order valence-electron chi connectivity index (χ0n) is 19.2. The second-order valence-corrected chi connectivity index (χ2v) is 8.31. The minimum absolute atomic E-state index is 0. The highest BCUT2D eigenvalue weighted by Gasteiger charge is 2.22. The van der Waals surface area contributed by atoms with E-state index in [-0.39, 0.29) is 24.0 Å². The van der Waals surface area contributed by atoms with Gasteiger partial charge in [0.1, 0.15) is 0 Å². The molecule has 2 heterocycles. The lowest BCUT2D eigenvalue weighted by Crippen LogP contribution is -2.53. The average molecular weight is 542 g/mol. The average Bonchev–Trinajstić information content (AvgIpc) is 2.80. The summed E-state index contributed by atoms with van der Waals surface area (Å²) in [6.07, 6.45) is 7.01. The van der Waals surface area contributed by atoms with Crippen LogP contribution in [-0.2, 0) is 4.74 Å². The first-order valence-electron chi connectivity index (χ1n) is 11.4. The third-order valence-corrected chi connectivity index (χ3v) is 6.22. The van der Waals surface area contributed by atoms with Crippen LogP contribution in [0.1, 0.15) is 18.4 Å². The largest absolute Gasteiger partial charge is 0.383 e. The number of hydrogen-bond donors (Lipinski definition) is 1. The normalized spacial score (nSPS) is 19.5. The van der Waals surface area contributed by atoms with Gasteiger partial charge in [-0.05, 0) is 37.4 Å². The van der Waals surface area contributed by atoms with Gasteiger partial charge in [0.2, 0.25) is 0 Å². The number of nitrogens with one attached hydrogen (secondary N) is 1. The van der Waals surface area contributed by atoms with Crippen molar-refractivity contribution >= 4 is 36.0 Å². The van der Waals surface area contributed by atoms with E-state index in [9.17, 15) is 0 Å². The number of ether oxygens (including phenoxy) is 1. The van der Waals surface area contributed by atoms with Crippen LogP contribution in [0.5, 0.6) is 0 Å². The second kappa shape index (κ2) is 14.8. The van der Waals surface area contributed by atoms with E-state index in [0.717, 1.165) is 64.3 Å². The Hall–Kier alpha value is -1.16. The number of aliphatic imine (C=N–C) groups is 1. The predicted molar refractivity (Wildman–Crippen MR) is 141 cm³/mol. The topological polar surface area (TPSA) is 43.3 Å². The highest BCUT2D eigenvalue weighted by Crippen LogP contribution is 2.16. The van der Waals surface area contributed by atoms with Crippen molar-refractivity contribution < 1.29 is 4.74 Å². The van der Waals surface area contributed by atoms with E-state index >= 15 is 0 Å². The molecule has 0 saturated carbocycles. The minimum Gasteiger partial charge on any atom is -0.383 e. The smallest absolute Gasteiger partial charge is 0.193 e. The van der Waals surface area contributed by atoms with Gasteiger partial charge in [-0.25, -0.2) is 0 Å². The zero-order chi connectivity index (χ0) is 21.0. The first kappa shape index (κ1) is 26.1. The maximum Gasteiger partial charge on any atom is 0.193 e.